The van der Waals surface area contributed by atoms with E-state index in [9.17, 15) is 18.0 Å². The summed E-state index contributed by atoms with van der Waals surface area (Å²) < 4.78 is 44.7. The van der Waals surface area contributed by atoms with Gasteiger partial charge in [-0.3, -0.25) is 9.59 Å². The molecule has 0 radical (unpaired) electrons. The number of fused-ring (bicyclic) bond motifs is 2. The first-order valence-corrected chi connectivity index (χ1v) is 12.1. The number of rotatable bonds is 4. The van der Waals surface area contributed by atoms with Crippen molar-refractivity contribution in [3.05, 3.63) is 35.9 Å². The minimum atomic E-state index is -3.98. The SMILES string of the molecule is Cc1cc2c(cc1S(=O)(=O)N1CCC[C@H]1C(=O)Nc1ccc3c(c1)OCCO3)OCC(=O)N2. The number of nitrogens with one attached hydrogen (secondary N) is 2. The van der Waals surface area contributed by atoms with Crippen LogP contribution in [0.25, 0.3) is 0 Å². The molecule has 3 aliphatic heterocycles. The van der Waals surface area contributed by atoms with Crippen LogP contribution in [0.1, 0.15) is 18.4 Å². The first-order chi connectivity index (χ1) is 15.8. The quantitative estimate of drug-likeness (QED) is 0.695. The highest BCUT2D eigenvalue weighted by Gasteiger charge is 2.40. The second kappa shape index (κ2) is 8.23. The van der Waals surface area contributed by atoms with Crippen LogP contribution < -0.4 is 24.8 Å². The number of aryl methyl sites for hydroxylation is 1. The largest absolute Gasteiger partial charge is 0.486 e. The molecular weight excluding hydrogens is 450 g/mol. The third-order valence-corrected chi connectivity index (χ3v) is 7.86. The van der Waals surface area contributed by atoms with Crippen LogP contribution in [0, 0.1) is 6.92 Å². The van der Waals surface area contributed by atoms with Crippen molar-refractivity contribution in [1.82, 2.24) is 4.31 Å². The second-order valence-corrected chi connectivity index (χ2v) is 9.93. The number of carbonyl (C=O) groups is 2. The molecule has 0 unspecified atom stereocenters. The number of anilines is 2. The number of amides is 2. The molecule has 10 nitrogen and oxygen atoms in total. The maximum absolute atomic E-state index is 13.5. The van der Waals surface area contributed by atoms with Crippen molar-refractivity contribution in [1.29, 1.82) is 0 Å². The van der Waals surface area contributed by atoms with Crippen LogP contribution in [0.4, 0.5) is 11.4 Å². The second-order valence-electron chi connectivity index (χ2n) is 8.07. The van der Waals surface area contributed by atoms with Crippen LogP contribution in [-0.4, -0.2) is 56.9 Å². The molecule has 2 aromatic rings. The van der Waals surface area contributed by atoms with Gasteiger partial charge < -0.3 is 24.8 Å². The van der Waals surface area contributed by atoms with Gasteiger partial charge in [-0.15, -0.1) is 0 Å². The lowest BCUT2D eigenvalue weighted by Crippen LogP contribution is -2.43. The summed E-state index contributed by atoms with van der Waals surface area (Å²) in [4.78, 5) is 24.7. The average molecular weight is 474 g/mol. The molecule has 33 heavy (non-hydrogen) atoms. The third-order valence-electron chi connectivity index (χ3n) is 5.81. The van der Waals surface area contributed by atoms with Gasteiger partial charge in [-0.2, -0.15) is 4.31 Å². The van der Waals surface area contributed by atoms with Gasteiger partial charge in [0.1, 0.15) is 25.0 Å². The molecule has 2 aromatic carbocycles. The third kappa shape index (κ3) is 3.98. The minimum Gasteiger partial charge on any atom is -0.486 e. The number of benzene rings is 2. The van der Waals surface area contributed by atoms with Crippen molar-refractivity contribution in [3.63, 3.8) is 0 Å². The molecule has 1 atom stereocenters. The molecule has 1 fully saturated rings. The zero-order valence-corrected chi connectivity index (χ0v) is 18.7. The standard InChI is InChI=1S/C22H23N3O7S/c1-13-9-15-18(32-12-21(26)24-15)11-20(13)33(28,29)25-6-2-3-16(25)22(27)23-14-4-5-17-19(10-14)31-8-7-30-17/h4-5,9-11,16H,2-3,6-8,12H2,1H3,(H,23,27)(H,24,26)/t16-/m0/s1. The Morgan fingerprint density at radius 2 is 1.88 bits per heavy atom. The van der Waals surface area contributed by atoms with E-state index >= 15 is 0 Å². The maximum Gasteiger partial charge on any atom is 0.262 e. The van der Waals surface area contributed by atoms with Gasteiger partial charge in [0.2, 0.25) is 15.9 Å². The first kappa shape index (κ1) is 21.5. The number of nitrogens with zero attached hydrogens (tertiary/aromatic N) is 1. The van der Waals surface area contributed by atoms with Gasteiger partial charge >= 0.3 is 0 Å². The summed E-state index contributed by atoms with van der Waals surface area (Å²) >= 11 is 0. The Hall–Kier alpha value is -3.31. The Bertz CT molecular complexity index is 1240. The van der Waals surface area contributed by atoms with Crippen molar-refractivity contribution in [2.45, 2.75) is 30.7 Å². The van der Waals surface area contributed by atoms with Gasteiger partial charge in [0, 0.05) is 24.4 Å². The molecule has 3 aliphatic rings. The lowest BCUT2D eigenvalue weighted by Gasteiger charge is -2.26. The van der Waals surface area contributed by atoms with E-state index in [0.717, 1.165) is 0 Å². The first-order valence-electron chi connectivity index (χ1n) is 10.6. The molecule has 3 heterocycles. The van der Waals surface area contributed by atoms with Crippen molar-refractivity contribution in [2.24, 2.45) is 0 Å². The molecule has 174 valence electrons. The molecular formula is C22H23N3O7S. The van der Waals surface area contributed by atoms with Crippen LogP contribution in [-0.2, 0) is 19.6 Å². The lowest BCUT2D eigenvalue weighted by molar-refractivity contribution is -0.119. The number of ether oxygens (including phenoxy) is 3. The zero-order valence-electron chi connectivity index (χ0n) is 17.9. The number of sulfonamides is 1. The molecule has 5 rings (SSSR count). The smallest absolute Gasteiger partial charge is 0.262 e. The van der Waals surface area contributed by atoms with Gasteiger partial charge in [0.05, 0.1) is 10.6 Å². The van der Waals surface area contributed by atoms with Crippen molar-refractivity contribution >= 4 is 33.2 Å². The molecule has 11 heteroatoms. The van der Waals surface area contributed by atoms with E-state index in [1.54, 1.807) is 31.2 Å². The molecule has 0 bridgehead atoms. The Labute approximate surface area is 190 Å². The van der Waals surface area contributed by atoms with Crippen LogP contribution in [0.2, 0.25) is 0 Å². The normalized spacial score (nSPS) is 19.9. The van der Waals surface area contributed by atoms with E-state index in [4.69, 9.17) is 14.2 Å². The summed E-state index contributed by atoms with van der Waals surface area (Å²) in [6, 6.07) is 7.20. The zero-order chi connectivity index (χ0) is 23.2. The summed E-state index contributed by atoms with van der Waals surface area (Å²) in [5.74, 6) is 0.715. The van der Waals surface area contributed by atoms with Gasteiger partial charge in [-0.1, -0.05) is 0 Å². The van der Waals surface area contributed by atoms with Gasteiger partial charge in [0.25, 0.3) is 5.91 Å². The van der Waals surface area contributed by atoms with Crippen molar-refractivity contribution in [2.75, 3.05) is 37.0 Å². The van der Waals surface area contributed by atoms with Gasteiger partial charge in [0.15, 0.2) is 18.1 Å². The highest BCUT2D eigenvalue weighted by atomic mass is 32.2. The molecule has 2 N–H and O–H groups in total. The number of hydrogen-bond acceptors (Lipinski definition) is 7. The van der Waals surface area contributed by atoms with E-state index in [1.165, 1.54) is 10.4 Å². The fourth-order valence-corrected chi connectivity index (χ4v) is 6.14. The lowest BCUT2D eigenvalue weighted by atomic mass is 10.2. The van der Waals surface area contributed by atoms with Gasteiger partial charge in [-0.05, 0) is 43.5 Å². The molecule has 0 spiro atoms. The summed E-state index contributed by atoms with van der Waals surface area (Å²) in [6.07, 6.45) is 0.973. The topological polar surface area (TPSA) is 123 Å². The highest BCUT2D eigenvalue weighted by Crippen LogP contribution is 2.37. The van der Waals surface area contributed by atoms with E-state index in [0.29, 0.717) is 54.5 Å². The van der Waals surface area contributed by atoms with Gasteiger partial charge in [-0.25, -0.2) is 8.42 Å². The van der Waals surface area contributed by atoms with Crippen LogP contribution in [0.3, 0.4) is 0 Å². The van der Waals surface area contributed by atoms with Crippen LogP contribution in [0.5, 0.6) is 17.2 Å². The van der Waals surface area contributed by atoms with E-state index in [2.05, 4.69) is 10.6 Å². The van der Waals surface area contributed by atoms with E-state index < -0.39 is 22.0 Å². The minimum absolute atomic E-state index is 0.0522. The summed E-state index contributed by atoms with van der Waals surface area (Å²) in [5.41, 5.74) is 1.39. The Balaban J connectivity index is 1.39. The Morgan fingerprint density at radius 3 is 2.70 bits per heavy atom. The number of hydrogen-bond donors (Lipinski definition) is 2. The number of carbonyl (C=O) groups excluding carboxylic acids is 2. The average Bonchev–Trinajstić information content (AvgIpc) is 3.29. The Morgan fingerprint density at radius 1 is 1.09 bits per heavy atom. The monoisotopic (exact) mass is 473 g/mol. The maximum atomic E-state index is 13.5. The predicted molar refractivity (Wildman–Crippen MR) is 118 cm³/mol. The van der Waals surface area contributed by atoms with Crippen LogP contribution in [0.15, 0.2) is 35.2 Å². The molecule has 0 saturated carbocycles. The van der Waals surface area contributed by atoms with Crippen molar-refractivity contribution in [3.8, 4) is 17.2 Å². The fourth-order valence-electron chi connectivity index (χ4n) is 4.26. The van der Waals surface area contributed by atoms with E-state index in [-0.39, 0.29) is 29.7 Å². The van der Waals surface area contributed by atoms with Crippen molar-refractivity contribution < 1.29 is 32.2 Å². The Kier molecular flexibility index (Phi) is 5.37. The predicted octanol–water partition coefficient (Wildman–Crippen LogP) is 1.89. The van der Waals surface area contributed by atoms with E-state index in [1.807, 2.05) is 0 Å². The fraction of sp³-hybridized carbons (Fsp3) is 0.364. The summed E-state index contributed by atoms with van der Waals surface area (Å²) in [5, 5.41) is 5.47. The molecule has 2 amide bonds. The highest BCUT2D eigenvalue weighted by molar-refractivity contribution is 7.89. The molecule has 0 aromatic heterocycles. The summed E-state index contributed by atoms with van der Waals surface area (Å²) in [7, 11) is -3.98. The molecule has 0 aliphatic carbocycles. The van der Waals surface area contributed by atoms with Crippen LogP contribution >= 0.6 is 0 Å². The summed E-state index contributed by atoms with van der Waals surface area (Å²) in [6.45, 7) is 2.59. The molecule has 1 saturated heterocycles.